The summed E-state index contributed by atoms with van der Waals surface area (Å²) in [6, 6.07) is 0. The molecule has 0 fully saturated rings. The molecule has 0 aliphatic heterocycles. The molecule has 1 heterocycles. The van der Waals surface area contributed by atoms with Crippen molar-refractivity contribution in [2.45, 2.75) is 6.17 Å². The first-order chi connectivity index (χ1) is 5.22. The van der Waals surface area contributed by atoms with Crippen LogP contribution in [0.4, 0.5) is 4.39 Å². The number of carboxylic acid groups (broad SMARTS) is 1. The standard InChI is InChI=1S/C6H5FN2O2/c7-5(6(10)11)4-1-8-3-9-2-4/h1-3,5H,(H,10,11). The van der Waals surface area contributed by atoms with Crippen LogP contribution in [-0.2, 0) is 4.79 Å². The molecule has 0 amide bonds. The van der Waals surface area contributed by atoms with Crippen molar-refractivity contribution in [3.63, 3.8) is 0 Å². The van der Waals surface area contributed by atoms with Crippen LogP contribution >= 0.6 is 0 Å². The average Bonchev–Trinajstić information content (AvgIpc) is 2.05. The lowest BCUT2D eigenvalue weighted by Gasteiger charge is -1.99. The van der Waals surface area contributed by atoms with Gasteiger partial charge >= 0.3 is 5.97 Å². The van der Waals surface area contributed by atoms with E-state index in [0.29, 0.717) is 0 Å². The first-order valence-electron chi connectivity index (χ1n) is 2.83. The molecule has 0 aromatic carbocycles. The van der Waals surface area contributed by atoms with Crippen LogP contribution in [0.2, 0.25) is 0 Å². The van der Waals surface area contributed by atoms with E-state index in [2.05, 4.69) is 9.97 Å². The van der Waals surface area contributed by atoms with E-state index >= 15 is 0 Å². The van der Waals surface area contributed by atoms with Crippen molar-refractivity contribution >= 4 is 5.97 Å². The normalized spacial score (nSPS) is 12.5. The highest BCUT2D eigenvalue weighted by atomic mass is 19.1. The van der Waals surface area contributed by atoms with Gasteiger partial charge in [-0.3, -0.25) is 0 Å². The van der Waals surface area contributed by atoms with Gasteiger partial charge in [0.15, 0.2) is 0 Å². The van der Waals surface area contributed by atoms with Gasteiger partial charge < -0.3 is 5.11 Å². The van der Waals surface area contributed by atoms with Gasteiger partial charge in [0.1, 0.15) is 6.33 Å². The highest BCUT2D eigenvalue weighted by molar-refractivity contribution is 5.73. The number of aliphatic carboxylic acids is 1. The van der Waals surface area contributed by atoms with Gasteiger partial charge in [-0.15, -0.1) is 0 Å². The van der Waals surface area contributed by atoms with E-state index in [0.717, 1.165) is 12.4 Å². The summed E-state index contributed by atoms with van der Waals surface area (Å²) in [5.74, 6) is -1.53. The molecule has 1 N–H and O–H groups in total. The minimum atomic E-state index is -2.03. The van der Waals surface area contributed by atoms with E-state index in [4.69, 9.17) is 5.11 Å². The zero-order chi connectivity index (χ0) is 8.27. The average molecular weight is 156 g/mol. The number of nitrogens with zero attached hydrogens (tertiary/aromatic N) is 2. The fourth-order valence-electron chi connectivity index (χ4n) is 0.584. The van der Waals surface area contributed by atoms with Gasteiger partial charge in [-0.25, -0.2) is 19.2 Å². The van der Waals surface area contributed by atoms with Crippen molar-refractivity contribution in [1.82, 2.24) is 9.97 Å². The molecule has 0 saturated heterocycles. The van der Waals surface area contributed by atoms with Crippen LogP contribution in [0.1, 0.15) is 11.7 Å². The summed E-state index contributed by atoms with van der Waals surface area (Å²) in [7, 11) is 0. The smallest absolute Gasteiger partial charge is 0.343 e. The lowest BCUT2D eigenvalue weighted by molar-refractivity contribution is -0.143. The Morgan fingerprint density at radius 3 is 2.55 bits per heavy atom. The number of rotatable bonds is 2. The van der Waals surface area contributed by atoms with Crippen molar-refractivity contribution in [3.8, 4) is 0 Å². The maximum Gasteiger partial charge on any atom is 0.343 e. The third-order valence-corrected chi connectivity index (χ3v) is 1.09. The molecule has 1 rings (SSSR count). The summed E-state index contributed by atoms with van der Waals surface area (Å²) in [6.07, 6.45) is 1.44. The molecule has 0 saturated carbocycles. The first-order valence-corrected chi connectivity index (χ1v) is 2.83. The topological polar surface area (TPSA) is 63.1 Å². The molecule has 58 valence electrons. The zero-order valence-electron chi connectivity index (χ0n) is 5.44. The Morgan fingerprint density at radius 2 is 2.09 bits per heavy atom. The Bertz CT molecular complexity index is 252. The van der Waals surface area contributed by atoms with Crippen LogP contribution in [0.5, 0.6) is 0 Å². The Labute approximate surface area is 61.7 Å². The highest BCUT2D eigenvalue weighted by Crippen LogP contribution is 2.13. The van der Waals surface area contributed by atoms with Crippen LogP contribution in [0.25, 0.3) is 0 Å². The number of hydrogen-bond acceptors (Lipinski definition) is 3. The molecule has 1 aromatic rings. The number of carbonyl (C=O) groups is 1. The van der Waals surface area contributed by atoms with Gasteiger partial charge in [-0.2, -0.15) is 0 Å². The predicted octanol–water partition coefficient (Wildman–Crippen LogP) is 0.572. The summed E-state index contributed by atoms with van der Waals surface area (Å²) in [5, 5.41) is 8.20. The number of hydrogen-bond donors (Lipinski definition) is 1. The summed E-state index contributed by atoms with van der Waals surface area (Å²) in [4.78, 5) is 17.0. The van der Waals surface area contributed by atoms with Crippen molar-refractivity contribution in [2.75, 3.05) is 0 Å². The molecule has 0 bridgehead atoms. The van der Waals surface area contributed by atoms with Crippen LogP contribution in [0.15, 0.2) is 18.7 Å². The monoisotopic (exact) mass is 156 g/mol. The quantitative estimate of drug-likeness (QED) is 0.679. The molecule has 0 spiro atoms. The zero-order valence-corrected chi connectivity index (χ0v) is 5.44. The Morgan fingerprint density at radius 1 is 1.55 bits per heavy atom. The second-order valence-electron chi connectivity index (χ2n) is 1.87. The summed E-state index contributed by atoms with van der Waals surface area (Å²) in [6.45, 7) is 0. The Kier molecular flexibility index (Phi) is 2.10. The van der Waals surface area contributed by atoms with E-state index in [9.17, 15) is 9.18 Å². The van der Waals surface area contributed by atoms with E-state index in [1.807, 2.05) is 0 Å². The molecule has 1 atom stereocenters. The minimum absolute atomic E-state index is 0.0417. The summed E-state index contributed by atoms with van der Waals surface area (Å²) >= 11 is 0. The molecule has 5 heteroatoms. The molecule has 0 aliphatic carbocycles. The van der Waals surface area contributed by atoms with Gasteiger partial charge in [0.2, 0.25) is 6.17 Å². The van der Waals surface area contributed by atoms with Crippen molar-refractivity contribution in [3.05, 3.63) is 24.3 Å². The third kappa shape index (κ3) is 1.70. The third-order valence-electron chi connectivity index (χ3n) is 1.09. The number of aromatic nitrogens is 2. The summed E-state index contributed by atoms with van der Waals surface area (Å²) < 4.78 is 12.6. The number of carboxylic acids is 1. The maximum absolute atomic E-state index is 12.6. The molecule has 11 heavy (non-hydrogen) atoms. The molecule has 1 aromatic heterocycles. The maximum atomic E-state index is 12.6. The lowest BCUT2D eigenvalue weighted by Crippen LogP contribution is -2.06. The molecule has 0 radical (unpaired) electrons. The molecule has 0 aliphatic rings. The van der Waals surface area contributed by atoms with Gasteiger partial charge in [-0.1, -0.05) is 0 Å². The second-order valence-corrected chi connectivity index (χ2v) is 1.87. The SMILES string of the molecule is O=C(O)C(F)c1cncnc1. The predicted molar refractivity (Wildman–Crippen MR) is 33.5 cm³/mol. The fraction of sp³-hybridized carbons (Fsp3) is 0.167. The highest BCUT2D eigenvalue weighted by Gasteiger charge is 2.18. The van der Waals surface area contributed by atoms with Crippen LogP contribution in [0, 0.1) is 0 Å². The number of alkyl halides is 1. The first kappa shape index (κ1) is 7.59. The largest absolute Gasteiger partial charge is 0.479 e. The Hall–Kier alpha value is -1.52. The van der Waals surface area contributed by atoms with Crippen molar-refractivity contribution in [2.24, 2.45) is 0 Å². The molecular weight excluding hydrogens is 151 g/mol. The van der Waals surface area contributed by atoms with Crippen LogP contribution in [0.3, 0.4) is 0 Å². The van der Waals surface area contributed by atoms with E-state index in [-0.39, 0.29) is 5.56 Å². The molecular formula is C6H5FN2O2. The molecule has 1 unspecified atom stereocenters. The van der Waals surface area contributed by atoms with E-state index in [1.54, 1.807) is 0 Å². The summed E-state index contributed by atoms with van der Waals surface area (Å²) in [5.41, 5.74) is -0.0417. The molecule has 4 nitrogen and oxygen atoms in total. The van der Waals surface area contributed by atoms with Crippen LogP contribution < -0.4 is 0 Å². The van der Waals surface area contributed by atoms with Gasteiger partial charge in [0.25, 0.3) is 0 Å². The van der Waals surface area contributed by atoms with Gasteiger partial charge in [-0.05, 0) is 0 Å². The van der Waals surface area contributed by atoms with Gasteiger partial charge in [0, 0.05) is 18.0 Å². The fourth-order valence-corrected chi connectivity index (χ4v) is 0.584. The minimum Gasteiger partial charge on any atom is -0.479 e. The Balaban J connectivity index is 2.85. The van der Waals surface area contributed by atoms with E-state index in [1.165, 1.54) is 6.33 Å². The second kappa shape index (κ2) is 3.05. The van der Waals surface area contributed by atoms with E-state index < -0.39 is 12.1 Å². The van der Waals surface area contributed by atoms with Gasteiger partial charge in [0.05, 0.1) is 0 Å². The van der Waals surface area contributed by atoms with Crippen molar-refractivity contribution < 1.29 is 14.3 Å². The lowest BCUT2D eigenvalue weighted by atomic mass is 10.2. The van der Waals surface area contributed by atoms with Crippen molar-refractivity contribution in [1.29, 1.82) is 0 Å². The number of halogens is 1. The van der Waals surface area contributed by atoms with Crippen LogP contribution in [-0.4, -0.2) is 21.0 Å².